The molecular formula is C11H18N7O3. The molecule has 0 spiro atoms. The van der Waals surface area contributed by atoms with Crippen LogP contribution in [-0.2, 0) is 9.59 Å². The lowest BCUT2D eigenvalue weighted by Crippen LogP contribution is -2.35. The normalized spacial score (nSPS) is 12.2. The number of rotatable bonds is 7. The van der Waals surface area contributed by atoms with Gasteiger partial charge < -0.3 is 16.8 Å². The third-order valence-corrected chi connectivity index (χ3v) is 2.67. The van der Waals surface area contributed by atoms with Gasteiger partial charge in [0.1, 0.15) is 5.92 Å². The first-order valence-electron chi connectivity index (χ1n) is 6.37. The molecule has 1 rings (SSSR count). The van der Waals surface area contributed by atoms with Crippen LogP contribution in [0.1, 0.15) is 32.5 Å². The molecule has 0 aliphatic heterocycles. The fraction of sp³-hybridized carbons (Fsp3) is 0.545. The summed E-state index contributed by atoms with van der Waals surface area (Å²) >= 11 is 0. The number of Topliss-reactive ketones (excluding diaryl/α,β-unsaturated/α-hetero) is 1. The Balaban J connectivity index is 2.70. The molecule has 21 heavy (non-hydrogen) atoms. The number of ketones is 1. The highest BCUT2D eigenvalue weighted by Crippen LogP contribution is 2.12. The topological polar surface area (TPSA) is 159 Å². The van der Waals surface area contributed by atoms with Crippen molar-refractivity contribution in [3.05, 3.63) is 11.7 Å². The zero-order valence-corrected chi connectivity index (χ0v) is 11.9. The predicted octanol–water partition coefficient (Wildman–Crippen LogP) is -1.64. The smallest absolute Gasteiger partial charge is 0.360 e. The van der Waals surface area contributed by atoms with Gasteiger partial charge in [-0.15, -0.1) is 10.2 Å². The average molecular weight is 296 g/mol. The fourth-order valence-corrected chi connectivity index (χ4v) is 1.49. The Kier molecular flexibility index (Phi) is 5.91. The lowest BCUT2D eigenvalue weighted by atomic mass is 9.96. The summed E-state index contributed by atoms with van der Waals surface area (Å²) in [4.78, 5) is 34.9. The number of nitrogens with two attached hydrogens (primary N) is 2. The van der Waals surface area contributed by atoms with Gasteiger partial charge in [-0.3, -0.25) is 9.59 Å². The average Bonchev–Trinajstić information content (AvgIpc) is 2.93. The van der Waals surface area contributed by atoms with Gasteiger partial charge in [0.05, 0.1) is 6.04 Å². The fourth-order valence-electron chi connectivity index (χ4n) is 1.49. The molecule has 0 saturated heterocycles. The van der Waals surface area contributed by atoms with E-state index in [9.17, 15) is 14.4 Å². The molecule has 115 valence electrons. The van der Waals surface area contributed by atoms with Gasteiger partial charge >= 0.3 is 6.03 Å². The van der Waals surface area contributed by atoms with Gasteiger partial charge in [-0.25, -0.2) is 4.79 Å². The standard InChI is InChI=1S/C11H18N7O3/c1-3-14-11(21)18-16-10(15-17-18)6(2)9(20)7(12)4-5-8(13)19/h7H,3-5,12H2,1-2H3,(H2,13,19)(H,14,21)/t7-/m0/s1. The number of nitrogens with zero attached hydrogens (tertiary/aromatic N) is 4. The van der Waals surface area contributed by atoms with Crippen molar-refractivity contribution in [1.82, 2.24) is 25.5 Å². The summed E-state index contributed by atoms with van der Waals surface area (Å²) in [5.41, 5.74) is 10.7. The molecule has 0 aliphatic carbocycles. The molecule has 0 saturated carbocycles. The van der Waals surface area contributed by atoms with Crippen molar-refractivity contribution in [2.75, 3.05) is 6.54 Å². The monoisotopic (exact) mass is 296 g/mol. The highest BCUT2D eigenvalue weighted by molar-refractivity contribution is 5.98. The minimum absolute atomic E-state index is 0.0131. The number of tetrazole rings is 1. The summed E-state index contributed by atoms with van der Waals surface area (Å²) in [7, 11) is 0. The van der Waals surface area contributed by atoms with Crippen LogP contribution >= 0.6 is 0 Å². The lowest BCUT2D eigenvalue weighted by molar-refractivity contribution is -0.119. The van der Waals surface area contributed by atoms with E-state index in [1.165, 1.54) is 6.92 Å². The highest BCUT2D eigenvalue weighted by atomic mass is 16.2. The molecule has 10 heteroatoms. The molecule has 1 atom stereocenters. The minimum Gasteiger partial charge on any atom is -0.370 e. The number of hydrogen-bond donors (Lipinski definition) is 3. The van der Waals surface area contributed by atoms with Gasteiger partial charge in [0.25, 0.3) is 0 Å². The highest BCUT2D eigenvalue weighted by Gasteiger charge is 2.27. The predicted molar refractivity (Wildman–Crippen MR) is 71.7 cm³/mol. The molecule has 1 heterocycles. The molecule has 1 aromatic rings. The van der Waals surface area contributed by atoms with Crippen molar-refractivity contribution in [3.8, 4) is 0 Å². The minimum atomic E-state index is -0.881. The van der Waals surface area contributed by atoms with Crippen LogP contribution < -0.4 is 16.8 Å². The van der Waals surface area contributed by atoms with Crippen LogP contribution in [0.15, 0.2) is 0 Å². The Morgan fingerprint density at radius 2 is 2.05 bits per heavy atom. The van der Waals surface area contributed by atoms with Crippen LogP contribution in [-0.4, -0.2) is 50.5 Å². The number of nitrogens with one attached hydrogen (secondary N) is 1. The van der Waals surface area contributed by atoms with Crippen molar-refractivity contribution < 1.29 is 14.4 Å². The van der Waals surface area contributed by atoms with E-state index in [0.29, 0.717) is 6.54 Å². The molecule has 0 bridgehead atoms. The number of aromatic nitrogens is 4. The van der Waals surface area contributed by atoms with E-state index in [0.717, 1.165) is 4.80 Å². The second-order valence-corrected chi connectivity index (χ2v) is 4.34. The number of carbonyl (C=O) groups is 3. The third-order valence-electron chi connectivity index (χ3n) is 2.67. The SMILES string of the molecule is CCNC(=O)n1nnc([C](C)C(=O)[C@@H](N)CCC(N)=O)n1. The molecule has 0 fully saturated rings. The van der Waals surface area contributed by atoms with Crippen molar-refractivity contribution in [3.63, 3.8) is 0 Å². The van der Waals surface area contributed by atoms with Crippen molar-refractivity contribution in [2.24, 2.45) is 11.5 Å². The Bertz CT molecular complexity index is 528. The first-order valence-corrected chi connectivity index (χ1v) is 6.37. The number of primary amides is 1. The molecule has 0 unspecified atom stereocenters. The maximum Gasteiger partial charge on any atom is 0.360 e. The number of carbonyl (C=O) groups excluding carboxylic acids is 3. The van der Waals surface area contributed by atoms with Crippen LogP contribution in [0.4, 0.5) is 4.79 Å². The van der Waals surface area contributed by atoms with E-state index in [2.05, 4.69) is 20.7 Å². The lowest BCUT2D eigenvalue weighted by Gasteiger charge is -2.12. The molecule has 10 nitrogen and oxygen atoms in total. The van der Waals surface area contributed by atoms with Crippen LogP contribution in [0.3, 0.4) is 0 Å². The number of hydrogen-bond acceptors (Lipinski definition) is 7. The summed E-state index contributed by atoms with van der Waals surface area (Å²) in [6, 6.07) is -1.43. The molecule has 0 aromatic carbocycles. The number of amides is 2. The zero-order chi connectivity index (χ0) is 16.0. The third kappa shape index (κ3) is 4.60. The van der Waals surface area contributed by atoms with Crippen LogP contribution in [0.2, 0.25) is 0 Å². The second kappa shape index (κ2) is 7.43. The molecule has 1 radical (unpaired) electrons. The Labute approximate surface area is 121 Å². The van der Waals surface area contributed by atoms with Gasteiger partial charge in [0, 0.05) is 13.0 Å². The summed E-state index contributed by atoms with van der Waals surface area (Å²) in [5.74, 6) is -0.772. The second-order valence-electron chi connectivity index (χ2n) is 4.34. The maximum atomic E-state index is 12.0. The van der Waals surface area contributed by atoms with E-state index in [1.54, 1.807) is 6.92 Å². The molecule has 5 N–H and O–H groups in total. The van der Waals surface area contributed by atoms with E-state index >= 15 is 0 Å². The van der Waals surface area contributed by atoms with Gasteiger partial charge in [0.15, 0.2) is 11.6 Å². The van der Waals surface area contributed by atoms with E-state index in [4.69, 9.17) is 11.5 Å². The van der Waals surface area contributed by atoms with E-state index in [-0.39, 0.29) is 24.6 Å². The van der Waals surface area contributed by atoms with E-state index < -0.39 is 23.8 Å². The van der Waals surface area contributed by atoms with Gasteiger partial charge in [-0.05, 0) is 25.5 Å². The van der Waals surface area contributed by atoms with Crippen LogP contribution in [0.5, 0.6) is 0 Å². The molecule has 1 aromatic heterocycles. The summed E-state index contributed by atoms with van der Waals surface area (Å²) < 4.78 is 0. The summed E-state index contributed by atoms with van der Waals surface area (Å²) in [6.45, 7) is 3.63. The molecule has 2 amide bonds. The first-order chi connectivity index (χ1) is 9.86. The molecule has 0 aliphatic rings. The van der Waals surface area contributed by atoms with Crippen molar-refractivity contribution in [2.45, 2.75) is 32.7 Å². The largest absolute Gasteiger partial charge is 0.370 e. The summed E-state index contributed by atoms with van der Waals surface area (Å²) in [6.07, 6.45) is 0.148. The summed E-state index contributed by atoms with van der Waals surface area (Å²) in [5, 5.41) is 13.5. The van der Waals surface area contributed by atoms with Crippen molar-refractivity contribution in [1.29, 1.82) is 0 Å². The van der Waals surface area contributed by atoms with Gasteiger partial charge in [0.2, 0.25) is 5.91 Å². The van der Waals surface area contributed by atoms with E-state index in [1.807, 2.05) is 0 Å². The zero-order valence-electron chi connectivity index (χ0n) is 11.9. The van der Waals surface area contributed by atoms with Crippen LogP contribution in [0, 0.1) is 5.92 Å². The Hall–Kier alpha value is -2.36. The van der Waals surface area contributed by atoms with Gasteiger partial charge in [-0.1, -0.05) is 4.80 Å². The van der Waals surface area contributed by atoms with Gasteiger partial charge in [-0.2, -0.15) is 0 Å². The van der Waals surface area contributed by atoms with Crippen LogP contribution in [0.25, 0.3) is 0 Å². The molecular weight excluding hydrogens is 278 g/mol. The quantitative estimate of drug-likeness (QED) is 0.543. The Morgan fingerprint density at radius 3 is 2.62 bits per heavy atom. The van der Waals surface area contributed by atoms with Crippen molar-refractivity contribution >= 4 is 17.7 Å². The Morgan fingerprint density at radius 1 is 1.38 bits per heavy atom. The first kappa shape index (κ1) is 16.7. The maximum absolute atomic E-state index is 12.0.